The first-order valence-electron chi connectivity index (χ1n) is 7.46. The summed E-state index contributed by atoms with van der Waals surface area (Å²) >= 11 is 0. The molecule has 1 heterocycles. The maximum Gasteiger partial charge on any atom is 0.313 e. The van der Waals surface area contributed by atoms with Gasteiger partial charge in [0, 0.05) is 6.54 Å². The standard InChI is InChI=1S/C15H27NO2/c1-11(2)15(7-8-16-10-15)14(17)18-13-6-4-5-12(3)9-13/h11-13,16H,4-10H2,1-3H3. The van der Waals surface area contributed by atoms with E-state index in [1.807, 2.05) is 0 Å². The number of carbonyl (C=O) groups excluding carboxylic acids is 1. The van der Waals surface area contributed by atoms with Gasteiger partial charge in [0.25, 0.3) is 0 Å². The zero-order chi connectivity index (χ0) is 13.2. The molecule has 0 radical (unpaired) electrons. The molecule has 0 aromatic carbocycles. The summed E-state index contributed by atoms with van der Waals surface area (Å²) in [5.74, 6) is 1.09. The van der Waals surface area contributed by atoms with Gasteiger partial charge in [-0.05, 0) is 44.1 Å². The molecule has 3 nitrogen and oxygen atoms in total. The fourth-order valence-electron chi connectivity index (χ4n) is 3.37. The van der Waals surface area contributed by atoms with Crippen LogP contribution in [-0.2, 0) is 9.53 Å². The van der Waals surface area contributed by atoms with Crippen LogP contribution in [0.25, 0.3) is 0 Å². The largest absolute Gasteiger partial charge is 0.462 e. The van der Waals surface area contributed by atoms with Crippen LogP contribution in [0.1, 0.15) is 52.9 Å². The SMILES string of the molecule is CC1CCCC(OC(=O)C2(C(C)C)CCNC2)C1. The van der Waals surface area contributed by atoms with Crippen LogP contribution in [0.15, 0.2) is 0 Å². The summed E-state index contributed by atoms with van der Waals surface area (Å²) in [4.78, 5) is 12.5. The maximum absolute atomic E-state index is 12.5. The molecule has 3 atom stereocenters. The van der Waals surface area contributed by atoms with Gasteiger partial charge in [-0.25, -0.2) is 0 Å². The van der Waals surface area contributed by atoms with Crippen molar-refractivity contribution in [3.05, 3.63) is 0 Å². The molecule has 0 aromatic rings. The van der Waals surface area contributed by atoms with Gasteiger partial charge >= 0.3 is 5.97 Å². The van der Waals surface area contributed by atoms with Gasteiger partial charge in [-0.2, -0.15) is 0 Å². The lowest BCUT2D eigenvalue weighted by atomic mass is 9.76. The summed E-state index contributed by atoms with van der Waals surface area (Å²) < 4.78 is 5.83. The number of esters is 1. The lowest BCUT2D eigenvalue weighted by Crippen LogP contribution is -2.42. The van der Waals surface area contributed by atoms with Crippen LogP contribution in [0, 0.1) is 17.3 Å². The van der Waals surface area contributed by atoms with E-state index >= 15 is 0 Å². The first kappa shape index (κ1) is 13.9. The Hall–Kier alpha value is -0.570. The lowest BCUT2D eigenvalue weighted by molar-refractivity contribution is -0.165. The van der Waals surface area contributed by atoms with Gasteiger partial charge in [0.1, 0.15) is 6.10 Å². The predicted molar refractivity (Wildman–Crippen MR) is 72.3 cm³/mol. The van der Waals surface area contributed by atoms with Crippen LogP contribution in [0.2, 0.25) is 0 Å². The van der Waals surface area contributed by atoms with E-state index in [2.05, 4.69) is 26.1 Å². The van der Waals surface area contributed by atoms with E-state index in [-0.39, 0.29) is 17.5 Å². The quantitative estimate of drug-likeness (QED) is 0.786. The normalized spacial score (nSPS) is 36.9. The van der Waals surface area contributed by atoms with Gasteiger partial charge in [0.2, 0.25) is 0 Å². The van der Waals surface area contributed by atoms with Gasteiger partial charge in [0.15, 0.2) is 0 Å². The molecule has 2 fully saturated rings. The summed E-state index contributed by atoms with van der Waals surface area (Å²) in [6.45, 7) is 8.25. The van der Waals surface area contributed by atoms with Gasteiger partial charge in [-0.1, -0.05) is 27.2 Å². The number of rotatable bonds is 3. The third-order valence-electron chi connectivity index (χ3n) is 4.86. The highest BCUT2D eigenvalue weighted by molar-refractivity contribution is 5.78. The van der Waals surface area contributed by atoms with Crippen LogP contribution in [-0.4, -0.2) is 25.2 Å². The van der Waals surface area contributed by atoms with Crippen LogP contribution < -0.4 is 5.32 Å². The molecule has 1 saturated carbocycles. The van der Waals surface area contributed by atoms with Gasteiger partial charge in [-0.3, -0.25) is 4.79 Å². The average Bonchev–Trinajstić information content (AvgIpc) is 2.79. The minimum Gasteiger partial charge on any atom is -0.462 e. The molecule has 1 saturated heterocycles. The highest BCUT2D eigenvalue weighted by atomic mass is 16.5. The molecule has 0 amide bonds. The van der Waals surface area contributed by atoms with Crippen LogP contribution in [0.4, 0.5) is 0 Å². The topological polar surface area (TPSA) is 38.3 Å². The molecule has 18 heavy (non-hydrogen) atoms. The minimum absolute atomic E-state index is 0.0431. The zero-order valence-electron chi connectivity index (χ0n) is 12.0. The van der Waals surface area contributed by atoms with Crippen molar-refractivity contribution in [1.82, 2.24) is 5.32 Å². The number of nitrogens with one attached hydrogen (secondary N) is 1. The molecule has 2 rings (SSSR count). The highest BCUT2D eigenvalue weighted by Gasteiger charge is 2.46. The summed E-state index contributed by atoms with van der Waals surface area (Å²) in [7, 11) is 0. The zero-order valence-corrected chi connectivity index (χ0v) is 12.0. The van der Waals surface area contributed by atoms with Crippen LogP contribution >= 0.6 is 0 Å². The molecule has 1 N–H and O–H groups in total. The van der Waals surface area contributed by atoms with E-state index in [4.69, 9.17) is 4.74 Å². The molecule has 0 bridgehead atoms. The molecule has 2 aliphatic rings. The Morgan fingerprint density at radius 1 is 1.39 bits per heavy atom. The molecule has 1 aliphatic heterocycles. The molecule has 3 unspecified atom stereocenters. The Labute approximate surface area is 111 Å². The van der Waals surface area contributed by atoms with Crippen LogP contribution in [0.5, 0.6) is 0 Å². The number of hydrogen-bond acceptors (Lipinski definition) is 3. The monoisotopic (exact) mass is 253 g/mol. The van der Waals surface area contributed by atoms with Crippen molar-refractivity contribution in [2.24, 2.45) is 17.3 Å². The number of carbonyl (C=O) groups is 1. The number of ether oxygens (including phenoxy) is 1. The second-order valence-electron chi connectivity index (χ2n) is 6.54. The van der Waals surface area contributed by atoms with Crippen molar-refractivity contribution in [2.45, 2.75) is 59.0 Å². The average molecular weight is 253 g/mol. The first-order chi connectivity index (χ1) is 8.54. The van der Waals surface area contributed by atoms with Crippen molar-refractivity contribution in [3.8, 4) is 0 Å². The van der Waals surface area contributed by atoms with E-state index in [9.17, 15) is 4.79 Å². The Morgan fingerprint density at radius 2 is 2.17 bits per heavy atom. The summed E-state index contributed by atoms with van der Waals surface area (Å²) in [6, 6.07) is 0. The fraction of sp³-hybridized carbons (Fsp3) is 0.933. The lowest BCUT2D eigenvalue weighted by Gasteiger charge is -2.34. The maximum atomic E-state index is 12.5. The van der Waals surface area contributed by atoms with Crippen molar-refractivity contribution in [3.63, 3.8) is 0 Å². The van der Waals surface area contributed by atoms with Gasteiger partial charge in [0.05, 0.1) is 5.41 Å². The van der Waals surface area contributed by atoms with Gasteiger partial charge in [-0.15, -0.1) is 0 Å². The second-order valence-corrected chi connectivity index (χ2v) is 6.54. The number of hydrogen-bond donors (Lipinski definition) is 1. The molecule has 0 aromatic heterocycles. The Bertz CT molecular complexity index is 295. The van der Waals surface area contributed by atoms with Crippen molar-refractivity contribution in [2.75, 3.05) is 13.1 Å². The van der Waals surface area contributed by atoms with E-state index in [0.717, 1.165) is 32.4 Å². The molecule has 1 aliphatic carbocycles. The Kier molecular flexibility index (Phi) is 4.31. The summed E-state index contributed by atoms with van der Waals surface area (Å²) in [5.41, 5.74) is -0.277. The summed E-state index contributed by atoms with van der Waals surface area (Å²) in [5, 5.41) is 3.32. The van der Waals surface area contributed by atoms with E-state index in [0.29, 0.717) is 11.8 Å². The van der Waals surface area contributed by atoms with E-state index in [1.165, 1.54) is 12.8 Å². The fourth-order valence-corrected chi connectivity index (χ4v) is 3.37. The van der Waals surface area contributed by atoms with E-state index < -0.39 is 0 Å². The first-order valence-corrected chi connectivity index (χ1v) is 7.46. The third kappa shape index (κ3) is 2.71. The smallest absolute Gasteiger partial charge is 0.313 e. The molecular formula is C15H27NO2. The molecule has 0 spiro atoms. The summed E-state index contributed by atoms with van der Waals surface area (Å²) in [6.07, 6.45) is 5.67. The van der Waals surface area contributed by atoms with Gasteiger partial charge < -0.3 is 10.1 Å². The van der Waals surface area contributed by atoms with Crippen molar-refractivity contribution < 1.29 is 9.53 Å². The van der Waals surface area contributed by atoms with Crippen LogP contribution in [0.3, 0.4) is 0 Å². The van der Waals surface area contributed by atoms with Crippen molar-refractivity contribution >= 4 is 5.97 Å². The molecular weight excluding hydrogens is 226 g/mol. The molecule has 104 valence electrons. The Morgan fingerprint density at radius 3 is 2.72 bits per heavy atom. The third-order valence-corrected chi connectivity index (χ3v) is 4.86. The highest BCUT2D eigenvalue weighted by Crippen LogP contribution is 2.37. The Balaban J connectivity index is 1.97. The predicted octanol–water partition coefficient (Wildman–Crippen LogP) is 2.74. The van der Waals surface area contributed by atoms with E-state index in [1.54, 1.807) is 0 Å². The minimum atomic E-state index is -0.277. The second kappa shape index (κ2) is 5.60. The molecule has 3 heteroatoms. The van der Waals surface area contributed by atoms with Crippen molar-refractivity contribution in [1.29, 1.82) is 0 Å².